The number of pyridine rings is 1. The van der Waals surface area contributed by atoms with Gasteiger partial charge in [-0.25, -0.2) is 0 Å². The molecule has 0 bridgehead atoms. The van der Waals surface area contributed by atoms with E-state index in [-0.39, 0.29) is 6.42 Å². The van der Waals surface area contributed by atoms with Crippen molar-refractivity contribution in [2.24, 2.45) is 11.8 Å². The van der Waals surface area contributed by atoms with Crippen LogP contribution in [0.1, 0.15) is 67.7 Å². The Balaban J connectivity index is 1.32. The maximum atomic E-state index is 11.4. The average molecular weight is 519 g/mol. The molecule has 204 valence electrons. The molecule has 1 aliphatic rings. The Morgan fingerprint density at radius 1 is 1.13 bits per heavy atom. The number of carboxylic acid groups (broad SMARTS) is 1. The number of benzene rings is 2. The monoisotopic (exact) mass is 518 g/mol. The summed E-state index contributed by atoms with van der Waals surface area (Å²) in [6.07, 6.45) is 8.09. The van der Waals surface area contributed by atoms with Crippen LogP contribution in [0.2, 0.25) is 0 Å². The normalized spacial score (nSPS) is 18.9. The highest BCUT2D eigenvalue weighted by molar-refractivity contribution is 5.83. The van der Waals surface area contributed by atoms with Gasteiger partial charge >= 0.3 is 5.97 Å². The Bertz CT molecular complexity index is 1200. The first-order valence-electron chi connectivity index (χ1n) is 14.0. The summed E-state index contributed by atoms with van der Waals surface area (Å²) in [4.78, 5) is 18.3. The molecule has 0 amide bonds. The molecule has 3 aromatic rings. The Morgan fingerprint density at radius 3 is 2.79 bits per heavy atom. The largest absolute Gasteiger partial charge is 0.497 e. The number of methoxy groups -OCH3 is 1. The number of nitrogens with zero attached hydrogens (tertiary/aromatic N) is 2. The number of fused-ring (bicyclic) bond motifs is 1. The molecule has 3 atom stereocenters. The number of aromatic nitrogens is 1. The lowest BCUT2D eigenvalue weighted by Crippen LogP contribution is -2.41. The van der Waals surface area contributed by atoms with Crippen molar-refractivity contribution in [1.82, 2.24) is 9.88 Å². The average Bonchev–Trinajstić information content (AvgIpc) is 2.92. The zero-order chi connectivity index (χ0) is 26.9. The van der Waals surface area contributed by atoms with Gasteiger partial charge in [0, 0.05) is 24.5 Å². The predicted molar refractivity (Wildman–Crippen MR) is 152 cm³/mol. The van der Waals surface area contributed by atoms with E-state index in [2.05, 4.69) is 41.1 Å². The number of hydrogen-bond acceptors (Lipinski definition) is 5. The van der Waals surface area contributed by atoms with E-state index in [4.69, 9.17) is 4.74 Å². The Labute approximate surface area is 226 Å². The molecule has 2 unspecified atom stereocenters. The predicted octanol–water partition coefficient (Wildman–Crippen LogP) is 6.19. The lowest BCUT2D eigenvalue weighted by molar-refractivity contribution is -0.137. The second kappa shape index (κ2) is 13.7. The molecule has 4 rings (SSSR count). The van der Waals surface area contributed by atoms with Crippen LogP contribution in [0.4, 0.5) is 0 Å². The van der Waals surface area contributed by atoms with Crippen molar-refractivity contribution in [2.45, 2.75) is 64.4 Å². The first-order chi connectivity index (χ1) is 18.4. The number of ether oxygens (including phenoxy) is 1. The minimum absolute atomic E-state index is 0.208. The van der Waals surface area contributed by atoms with Gasteiger partial charge in [-0.1, -0.05) is 29.8 Å². The summed E-state index contributed by atoms with van der Waals surface area (Å²) in [5.41, 5.74) is 4.44. The van der Waals surface area contributed by atoms with Crippen LogP contribution in [0.15, 0.2) is 54.7 Å². The van der Waals surface area contributed by atoms with E-state index >= 15 is 0 Å². The summed E-state index contributed by atoms with van der Waals surface area (Å²) in [5, 5.41) is 21.4. The van der Waals surface area contributed by atoms with Crippen molar-refractivity contribution in [1.29, 1.82) is 0 Å². The fourth-order valence-electron chi connectivity index (χ4n) is 6.00. The van der Waals surface area contributed by atoms with Crippen molar-refractivity contribution in [3.05, 3.63) is 71.4 Å². The third-order valence-electron chi connectivity index (χ3n) is 8.13. The lowest BCUT2D eigenvalue weighted by atomic mass is 9.79. The Hall–Kier alpha value is -2.96. The molecular formula is C32H42N2O4. The zero-order valence-corrected chi connectivity index (χ0v) is 22.8. The number of rotatable bonds is 13. The van der Waals surface area contributed by atoms with Crippen molar-refractivity contribution >= 4 is 16.9 Å². The standard InChI is InChI=1S/C32H42N2O4/c1-23-6-5-8-24(20-23)7-3-4-18-34-19-16-25(26(22-34)10-14-32(36)37)9-13-31(35)28-15-17-33-30-12-11-27(38-2)21-29(28)30/h5-6,8,11-12,15,17,20-21,25-26,31,35H,3-4,7,9-10,13-14,16,18-19,22H2,1-2H3,(H,36,37)/t25?,26?,31-/m0/s1. The van der Waals surface area contributed by atoms with Crippen LogP contribution in [0.5, 0.6) is 5.75 Å². The highest BCUT2D eigenvalue weighted by atomic mass is 16.5. The third kappa shape index (κ3) is 7.78. The fourth-order valence-corrected chi connectivity index (χ4v) is 6.00. The number of carbonyl (C=O) groups is 1. The van der Waals surface area contributed by atoms with Crippen LogP contribution < -0.4 is 4.74 Å². The van der Waals surface area contributed by atoms with Crippen LogP contribution in [-0.2, 0) is 11.2 Å². The number of piperidine rings is 1. The van der Waals surface area contributed by atoms with E-state index in [0.29, 0.717) is 24.7 Å². The van der Waals surface area contributed by atoms with E-state index in [0.717, 1.165) is 67.5 Å². The van der Waals surface area contributed by atoms with Gasteiger partial charge in [-0.05, 0) is 112 Å². The molecule has 2 heterocycles. The van der Waals surface area contributed by atoms with Crippen LogP contribution in [0.25, 0.3) is 10.9 Å². The quantitative estimate of drug-likeness (QED) is 0.263. The molecule has 2 aromatic carbocycles. The minimum Gasteiger partial charge on any atom is -0.497 e. The number of unbranched alkanes of at least 4 members (excludes halogenated alkanes) is 1. The van der Waals surface area contributed by atoms with Crippen LogP contribution in [-0.4, -0.2) is 52.8 Å². The number of carboxylic acids is 1. The number of aliphatic carboxylic acids is 1. The number of aliphatic hydroxyl groups is 1. The van der Waals surface area contributed by atoms with Crippen molar-refractivity contribution in [3.8, 4) is 5.75 Å². The molecule has 1 fully saturated rings. The molecule has 1 aliphatic heterocycles. The molecule has 0 aliphatic carbocycles. The second-order valence-electron chi connectivity index (χ2n) is 10.9. The van der Waals surface area contributed by atoms with Gasteiger partial charge in [0.15, 0.2) is 0 Å². The van der Waals surface area contributed by atoms with Crippen LogP contribution >= 0.6 is 0 Å². The molecule has 1 aromatic heterocycles. The van der Waals surface area contributed by atoms with Gasteiger partial charge < -0.3 is 19.8 Å². The summed E-state index contributed by atoms with van der Waals surface area (Å²) < 4.78 is 5.38. The number of aryl methyl sites for hydroxylation is 2. The topological polar surface area (TPSA) is 82.9 Å². The summed E-state index contributed by atoms with van der Waals surface area (Å²) in [5.74, 6) is 0.795. The number of aliphatic hydroxyl groups excluding tert-OH is 1. The van der Waals surface area contributed by atoms with E-state index in [1.54, 1.807) is 13.3 Å². The van der Waals surface area contributed by atoms with E-state index in [1.165, 1.54) is 17.5 Å². The van der Waals surface area contributed by atoms with Crippen molar-refractivity contribution < 1.29 is 19.7 Å². The van der Waals surface area contributed by atoms with Gasteiger partial charge in [0.2, 0.25) is 0 Å². The molecule has 1 saturated heterocycles. The summed E-state index contributed by atoms with van der Waals surface area (Å²) in [6.45, 7) is 5.20. The molecule has 0 saturated carbocycles. The molecule has 6 heteroatoms. The lowest BCUT2D eigenvalue weighted by Gasteiger charge is -2.39. The molecule has 0 spiro atoms. The van der Waals surface area contributed by atoms with E-state index in [9.17, 15) is 15.0 Å². The Morgan fingerprint density at radius 2 is 2.00 bits per heavy atom. The minimum atomic E-state index is -0.726. The highest BCUT2D eigenvalue weighted by Gasteiger charge is 2.30. The SMILES string of the molecule is COc1ccc2nccc([C@@H](O)CCC3CCN(CCCCc4cccc(C)c4)CC3CCC(=O)O)c2c1. The zero-order valence-electron chi connectivity index (χ0n) is 22.8. The molecule has 0 radical (unpaired) electrons. The van der Waals surface area contributed by atoms with Crippen molar-refractivity contribution in [2.75, 3.05) is 26.7 Å². The van der Waals surface area contributed by atoms with Crippen LogP contribution in [0.3, 0.4) is 0 Å². The van der Waals surface area contributed by atoms with Gasteiger partial charge in [-0.15, -0.1) is 0 Å². The molecule has 6 nitrogen and oxygen atoms in total. The molecular weight excluding hydrogens is 476 g/mol. The second-order valence-corrected chi connectivity index (χ2v) is 10.9. The van der Waals surface area contributed by atoms with Crippen LogP contribution in [0, 0.1) is 18.8 Å². The molecule has 38 heavy (non-hydrogen) atoms. The number of hydrogen-bond donors (Lipinski definition) is 2. The summed E-state index contributed by atoms with van der Waals surface area (Å²) in [7, 11) is 1.64. The van der Waals surface area contributed by atoms with E-state index in [1.807, 2.05) is 24.3 Å². The van der Waals surface area contributed by atoms with Gasteiger partial charge in [-0.2, -0.15) is 0 Å². The maximum absolute atomic E-state index is 11.4. The van der Waals surface area contributed by atoms with Gasteiger partial charge in [0.1, 0.15) is 5.75 Å². The summed E-state index contributed by atoms with van der Waals surface area (Å²) in [6, 6.07) is 16.4. The Kier molecular flexibility index (Phi) is 10.1. The number of likely N-dealkylation sites (tertiary alicyclic amines) is 1. The first-order valence-corrected chi connectivity index (χ1v) is 14.0. The van der Waals surface area contributed by atoms with E-state index < -0.39 is 12.1 Å². The first kappa shape index (κ1) is 28.1. The molecule has 2 N–H and O–H groups in total. The van der Waals surface area contributed by atoms with Gasteiger partial charge in [-0.3, -0.25) is 9.78 Å². The van der Waals surface area contributed by atoms with Gasteiger partial charge in [0.05, 0.1) is 18.7 Å². The highest BCUT2D eigenvalue weighted by Crippen LogP contribution is 2.35. The summed E-state index contributed by atoms with van der Waals surface area (Å²) >= 11 is 0. The fraction of sp³-hybridized carbons (Fsp3) is 0.500. The maximum Gasteiger partial charge on any atom is 0.303 e. The van der Waals surface area contributed by atoms with Gasteiger partial charge in [0.25, 0.3) is 0 Å². The smallest absolute Gasteiger partial charge is 0.303 e. The third-order valence-corrected chi connectivity index (χ3v) is 8.13. The van der Waals surface area contributed by atoms with Crippen molar-refractivity contribution in [3.63, 3.8) is 0 Å².